The standard InChI is InChI=1S/C23H35N5O.HI/c1-6-24-23(26-16(2)13-21-17(3)27-28(5)18(21)4)25-14-20-9-7-8-10-22(20)29-15-19-11-12-19;/h7-10,16,19H,6,11-15H2,1-5H3,(H2,24,25,26);1H. The zero-order valence-corrected chi connectivity index (χ0v) is 21.2. The Morgan fingerprint density at radius 3 is 2.67 bits per heavy atom. The fourth-order valence-corrected chi connectivity index (χ4v) is 3.46. The molecular weight excluding hydrogens is 489 g/mol. The maximum Gasteiger partial charge on any atom is 0.191 e. The number of benzene rings is 1. The van der Waals surface area contributed by atoms with Crippen molar-refractivity contribution < 1.29 is 4.74 Å². The van der Waals surface area contributed by atoms with E-state index in [-0.39, 0.29) is 30.0 Å². The van der Waals surface area contributed by atoms with Crippen LogP contribution in [0.2, 0.25) is 0 Å². The van der Waals surface area contributed by atoms with Crippen LogP contribution in [-0.4, -0.2) is 34.9 Å². The van der Waals surface area contributed by atoms with Gasteiger partial charge in [0.05, 0.1) is 18.8 Å². The van der Waals surface area contributed by atoms with E-state index < -0.39 is 0 Å². The first-order chi connectivity index (χ1) is 14.0. The lowest BCUT2D eigenvalue weighted by Crippen LogP contribution is -2.43. The van der Waals surface area contributed by atoms with Crippen molar-refractivity contribution in [3.05, 3.63) is 46.8 Å². The number of hydrogen-bond acceptors (Lipinski definition) is 3. The van der Waals surface area contributed by atoms with Crippen LogP contribution in [0.4, 0.5) is 0 Å². The molecule has 1 unspecified atom stereocenters. The summed E-state index contributed by atoms with van der Waals surface area (Å²) in [5.74, 6) is 2.52. The minimum atomic E-state index is 0. The van der Waals surface area contributed by atoms with Crippen LogP contribution in [0.1, 0.15) is 49.2 Å². The van der Waals surface area contributed by atoms with Crippen LogP contribution in [0.15, 0.2) is 29.3 Å². The summed E-state index contributed by atoms with van der Waals surface area (Å²) in [6.45, 7) is 10.7. The van der Waals surface area contributed by atoms with Crippen molar-refractivity contribution in [3.63, 3.8) is 0 Å². The molecule has 1 heterocycles. The van der Waals surface area contributed by atoms with Crippen LogP contribution in [0.5, 0.6) is 5.75 Å². The third kappa shape index (κ3) is 6.89. The van der Waals surface area contributed by atoms with E-state index in [0.717, 1.165) is 48.5 Å². The molecule has 1 aromatic heterocycles. The summed E-state index contributed by atoms with van der Waals surface area (Å²) in [4.78, 5) is 4.81. The Hall–Kier alpha value is -1.77. The molecule has 1 atom stereocenters. The van der Waals surface area contributed by atoms with E-state index in [1.165, 1.54) is 24.1 Å². The van der Waals surface area contributed by atoms with Crippen molar-refractivity contribution in [1.29, 1.82) is 0 Å². The Kier molecular flexibility index (Phi) is 9.45. The summed E-state index contributed by atoms with van der Waals surface area (Å²) >= 11 is 0. The summed E-state index contributed by atoms with van der Waals surface area (Å²) in [5, 5.41) is 11.4. The fourth-order valence-electron chi connectivity index (χ4n) is 3.46. The molecule has 166 valence electrons. The Labute approximate surface area is 197 Å². The van der Waals surface area contributed by atoms with Gasteiger partial charge in [0.1, 0.15) is 5.75 Å². The number of rotatable bonds is 9. The summed E-state index contributed by atoms with van der Waals surface area (Å²) in [6, 6.07) is 8.46. The Bertz CT molecular complexity index is 844. The predicted molar refractivity (Wildman–Crippen MR) is 134 cm³/mol. The average Bonchev–Trinajstić information content (AvgIpc) is 3.49. The molecule has 1 fully saturated rings. The van der Waals surface area contributed by atoms with Gasteiger partial charge in [-0.25, -0.2) is 4.99 Å². The van der Waals surface area contributed by atoms with Gasteiger partial charge in [-0.3, -0.25) is 4.68 Å². The lowest BCUT2D eigenvalue weighted by Gasteiger charge is -2.18. The quantitative estimate of drug-likeness (QED) is 0.294. The van der Waals surface area contributed by atoms with Crippen LogP contribution < -0.4 is 15.4 Å². The number of aromatic nitrogens is 2. The summed E-state index contributed by atoms with van der Waals surface area (Å²) < 4.78 is 7.98. The van der Waals surface area contributed by atoms with E-state index in [4.69, 9.17) is 9.73 Å². The van der Waals surface area contributed by atoms with Crippen molar-refractivity contribution in [2.75, 3.05) is 13.2 Å². The number of aryl methyl sites for hydroxylation is 2. The monoisotopic (exact) mass is 525 g/mol. The molecular formula is C23H36IN5O. The summed E-state index contributed by atoms with van der Waals surface area (Å²) in [6.07, 6.45) is 3.50. The first-order valence-electron chi connectivity index (χ1n) is 10.7. The van der Waals surface area contributed by atoms with Crippen LogP contribution in [0.25, 0.3) is 0 Å². The molecule has 7 heteroatoms. The first kappa shape index (κ1) is 24.5. The van der Waals surface area contributed by atoms with Crippen LogP contribution in [0, 0.1) is 19.8 Å². The van der Waals surface area contributed by atoms with E-state index in [2.05, 4.69) is 49.5 Å². The van der Waals surface area contributed by atoms with E-state index in [1.54, 1.807) is 0 Å². The minimum absolute atomic E-state index is 0. The molecule has 0 bridgehead atoms. The van der Waals surface area contributed by atoms with E-state index in [9.17, 15) is 0 Å². The number of nitrogens with zero attached hydrogens (tertiary/aromatic N) is 3. The maximum absolute atomic E-state index is 6.02. The smallest absolute Gasteiger partial charge is 0.191 e. The van der Waals surface area contributed by atoms with Crippen molar-refractivity contribution in [1.82, 2.24) is 20.4 Å². The molecule has 1 aromatic carbocycles. The van der Waals surface area contributed by atoms with Crippen molar-refractivity contribution in [3.8, 4) is 5.75 Å². The van der Waals surface area contributed by atoms with Crippen LogP contribution in [-0.2, 0) is 20.0 Å². The second-order valence-electron chi connectivity index (χ2n) is 8.08. The highest BCUT2D eigenvalue weighted by Gasteiger charge is 2.22. The molecule has 1 aliphatic rings. The van der Waals surface area contributed by atoms with Crippen molar-refractivity contribution >= 4 is 29.9 Å². The van der Waals surface area contributed by atoms with Gasteiger partial charge in [-0.15, -0.1) is 24.0 Å². The van der Waals surface area contributed by atoms with Gasteiger partial charge < -0.3 is 15.4 Å². The van der Waals surface area contributed by atoms with Gasteiger partial charge in [0, 0.05) is 30.9 Å². The molecule has 30 heavy (non-hydrogen) atoms. The Morgan fingerprint density at radius 2 is 2.03 bits per heavy atom. The number of ether oxygens (including phenoxy) is 1. The summed E-state index contributed by atoms with van der Waals surface area (Å²) in [7, 11) is 2.00. The largest absolute Gasteiger partial charge is 0.493 e. The van der Waals surface area contributed by atoms with Gasteiger partial charge in [-0.1, -0.05) is 18.2 Å². The maximum atomic E-state index is 6.02. The van der Waals surface area contributed by atoms with E-state index in [0.29, 0.717) is 6.54 Å². The molecule has 0 radical (unpaired) electrons. The van der Waals surface area contributed by atoms with Crippen LogP contribution in [0.3, 0.4) is 0 Å². The lowest BCUT2D eigenvalue weighted by molar-refractivity contribution is 0.297. The van der Waals surface area contributed by atoms with Crippen molar-refractivity contribution in [2.45, 2.75) is 59.5 Å². The normalized spacial score (nSPS) is 14.8. The van der Waals surface area contributed by atoms with E-state index >= 15 is 0 Å². The predicted octanol–water partition coefficient (Wildman–Crippen LogP) is 4.13. The molecule has 1 saturated carbocycles. The lowest BCUT2D eigenvalue weighted by atomic mass is 10.1. The van der Waals surface area contributed by atoms with Gasteiger partial charge in [0.25, 0.3) is 0 Å². The van der Waals surface area contributed by atoms with Crippen LogP contribution >= 0.6 is 24.0 Å². The van der Waals surface area contributed by atoms with Gasteiger partial charge in [-0.2, -0.15) is 5.10 Å². The topological polar surface area (TPSA) is 63.5 Å². The number of guanidine groups is 1. The van der Waals surface area contributed by atoms with E-state index in [1.807, 2.05) is 29.9 Å². The number of para-hydroxylation sites is 1. The molecule has 0 saturated heterocycles. The molecule has 0 spiro atoms. The third-order valence-electron chi connectivity index (χ3n) is 5.45. The summed E-state index contributed by atoms with van der Waals surface area (Å²) in [5.41, 5.74) is 4.75. The molecule has 3 rings (SSSR count). The molecule has 6 nitrogen and oxygen atoms in total. The minimum Gasteiger partial charge on any atom is -0.493 e. The number of nitrogens with one attached hydrogen (secondary N) is 2. The number of aliphatic imine (C=N–C) groups is 1. The highest BCUT2D eigenvalue weighted by molar-refractivity contribution is 14.0. The van der Waals surface area contributed by atoms with Gasteiger partial charge in [-0.05, 0) is 64.5 Å². The van der Waals surface area contributed by atoms with Gasteiger partial charge >= 0.3 is 0 Å². The fraction of sp³-hybridized carbons (Fsp3) is 0.565. The SMILES string of the molecule is CCNC(=NCc1ccccc1OCC1CC1)NC(C)Cc1c(C)nn(C)c1C.I. The first-order valence-corrected chi connectivity index (χ1v) is 10.7. The zero-order chi connectivity index (χ0) is 20.8. The third-order valence-corrected chi connectivity index (χ3v) is 5.45. The average molecular weight is 525 g/mol. The molecule has 2 N–H and O–H groups in total. The number of hydrogen-bond donors (Lipinski definition) is 2. The zero-order valence-electron chi connectivity index (χ0n) is 18.9. The molecule has 2 aromatic rings. The second kappa shape index (κ2) is 11.6. The molecule has 0 amide bonds. The molecule has 1 aliphatic carbocycles. The second-order valence-corrected chi connectivity index (χ2v) is 8.08. The molecule has 0 aliphatic heterocycles. The number of halogens is 1. The Morgan fingerprint density at radius 1 is 1.30 bits per heavy atom. The Balaban J connectivity index is 0.00000320. The van der Waals surface area contributed by atoms with Gasteiger partial charge in [0.2, 0.25) is 0 Å². The van der Waals surface area contributed by atoms with Gasteiger partial charge in [0.15, 0.2) is 5.96 Å². The highest BCUT2D eigenvalue weighted by atomic mass is 127. The highest BCUT2D eigenvalue weighted by Crippen LogP contribution is 2.30. The van der Waals surface area contributed by atoms with Crippen molar-refractivity contribution in [2.24, 2.45) is 18.0 Å².